The van der Waals surface area contributed by atoms with Crippen molar-refractivity contribution in [1.82, 2.24) is 15.5 Å². The average Bonchev–Trinajstić information content (AvgIpc) is 2.62. The van der Waals surface area contributed by atoms with Gasteiger partial charge >= 0.3 is 0 Å². The molecule has 0 atom stereocenters. The number of rotatable bonds is 6. The third kappa shape index (κ3) is 4.11. The van der Waals surface area contributed by atoms with Crippen LogP contribution in [0.5, 0.6) is 5.75 Å². The van der Waals surface area contributed by atoms with Crippen molar-refractivity contribution in [1.29, 1.82) is 0 Å². The largest absolute Gasteiger partial charge is 0.497 e. The first-order chi connectivity index (χ1) is 12.2. The van der Waals surface area contributed by atoms with Crippen molar-refractivity contribution in [2.24, 2.45) is 10.4 Å². The molecule has 2 rings (SSSR count). The van der Waals surface area contributed by atoms with Crippen molar-refractivity contribution < 1.29 is 9.53 Å². The SMILES string of the molecule is CCNC(=NCCNC(=O)c1ccc(OC)cc1)N1CC(C)(C)C1(C)C. The van der Waals surface area contributed by atoms with Gasteiger partial charge in [-0.25, -0.2) is 0 Å². The number of nitrogens with zero attached hydrogens (tertiary/aromatic N) is 2. The monoisotopic (exact) mass is 360 g/mol. The second kappa shape index (κ2) is 7.98. The molecule has 1 aliphatic rings. The van der Waals surface area contributed by atoms with Crippen molar-refractivity contribution in [2.45, 2.75) is 40.2 Å². The van der Waals surface area contributed by atoms with Gasteiger partial charge in [-0.1, -0.05) is 13.8 Å². The number of ether oxygens (including phenoxy) is 1. The van der Waals surface area contributed by atoms with Gasteiger partial charge in [-0.15, -0.1) is 0 Å². The summed E-state index contributed by atoms with van der Waals surface area (Å²) in [6.45, 7) is 14.0. The summed E-state index contributed by atoms with van der Waals surface area (Å²) >= 11 is 0. The second-order valence-corrected chi connectivity index (χ2v) is 7.75. The predicted molar refractivity (Wildman–Crippen MR) is 106 cm³/mol. The number of hydrogen-bond acceptors (Lipinski definition) is 3. The van der Waals surface area contributed by atoms with Crippen LogP contribution in [0.15, 0.2) is 29.3 Å². The van der Waals surface area contributed by atoms with Gasteiger partial charge < -0.3 is 20.3 Å². The van der Waals surface area contributed by atoms with Gasteiger partial charge in [-0.3, -0.25) is 9.79 Å². The number of amides is 1. The molecule has 144 valence electrons. The van der Waals surface area contributed by atoms with Gasteiger partial charge in [0.05, 0.1) is 13.7 Å². The maximum absolute atomic E-state index is 12.2. The van der Waals surface area contributed by atoms with Crippen LogP contribution < -0.4 is 15.4 Å². The van der Waals surface area contributed by atoms with Crippen LogP contribution in [0, 0.1) is 5.41 Å². The number of aliphatic imine (C=N–C) groups is 1. The Morgan fingerprint density at radius 1 is 1.19 bits per heavy atom. The first-order valence-corrected chi connectivity index (χ1v) is 9.21. The maximum atomic E-state index is 12.2. The minimum absolute atomic E-state index is 0.0559. The number of carbonyl (C=O) groups excluding carboxylic acids is 1. The van der Waals surface area contributed by atoms with E-state index in [0.29, 0.717) is 18.7 Å². The van der Waals surface area contributed by atoms with Crippen LogP contribution in [-0.2, 0) is 0 Å². The number of methoxy groups -OCH3 is 1. The molecule has 1 aliphatic heterocycles. The number of nitrogens with one attached hydrogen (secondary N) is 2. The number of carbonyl (C=O) groups is 1. The van der Waals surface area contributed by atoms with Crippen LogP contribution in [0.2, 0.25) is 0 Å². The zero-order chi connectivity index (χ0) is 19.4. The molecular weight excluding hydrogens is 328 g/mol. The van der Waals surface area contributed by atoms with E-state index in [-0.39, 0.29) is 16.9 Å². The normalized spacial score (nSPS) is 18.1. The molecule has 0 bridgehead atoms. The molecule has 0 spiro atoms. The molecule has 2 N–H and O–H groups in total. The van der Waals surface area contributed by atoms with E-state index < -0.39 is 0 Å². The molecule has 1 saturated heterocycles. The molecule has 6 heteroatoms. The standard InChI is InChI=1S/C20H32N4O2/c1-7-21-18(24-14-19(2,3)20(24,4)5)23-13-12-22-17(25)15-8-10-16(26-6)11-9-15/h8-11H,7,12-14H2,1-6H3,(H,21,23)(H,22,25). The molecule has 0 unspecified atom stereocenters. The van der Waals surface area contributed by atoms with Gasteiger partial charge in [0.25, 0.3) is 5.91 Å². The van der Waals surface area contributed by atoms with Crippen molar-refractivity contribution in [3.05, 3.63) is 29.8 Å². The summed E-state index contributed by atoms with van der Waals surface area (Å²) in [6, 6.07) is 7.08. The molecule has 1 heterocycles. The third-order valence-electron chi connectivity index (χ3n) is 5.49. The fourth-order valence-corrected chi connectivity index (χ4v) is 2.97. The highest BCUT2D eigenvalue weighted by molar-refractivity contribution is 5.94. The summed E-state index contributed by atoms with van der Waals surface area (Å²) in [7, 11) is 1.61. The van der Waals surface area contributed by atoms with Gasteiger partial charge in [0.2, 0.25) is 0 Å². The summed E-state index contributed by atoms with van der Waals surface area (Å²) in [5.41, 5.74) is 0.930. The quantitative estimate of drug-likeness (QED) is 0.465. The topological polar surface area (TPSA) is 66.0 Å². The van der Waals surface area contributed by atoms with Crippen LogP contribution in [0.1, 0.15) is 45.0 Å². The molecule has 26 heavy (non-hydrogen) atoms. The summed E-state index contributed by atoms with van der Waals surface area (Å²) in [4.78, 5) is 19.2. The minimum Gasteiger partial charge on any atom is -0.497 e. The van der Waals surface area contributed by atoms with Gasteiger partial charge in [-0.2, -0.15) is 0 Å². The lowest BCUT2D eigenvalue weighted by Gasteiger charge is -2.62. The maximum Gasteiger partial charge on any atom is 0.251 e. The molecule has 0 aromatic heterocycles. The van der Waals surface area contributed by atoms with E-state index in [1.54, 1.807) is 31.4 Å². The van der Waals surface area contributed by atoms with Gasteiger partial charge in [0.15, 0.2) is 5.96 Å². The van der Waals surface area contributed by atoms with Crippen LogP contribution in [-0.4, -0.2) is 55.6 Å². The zero-order valence-electron chi connectivity index (χ0n) is 16.8. The molecule has 1 amide bonds. The Hall–Kier alpha value is -2.24. The first kappa shape index (κ1) is 20.1. The molecule has 1 aromatic carbocycles. The Balaban J connectivity index is 1.89. The summed E-state index contributed by atoms with van der Waals surface area (Å²) in [5, 5.41) is 6.27. The van der Waals surface area contributed by atoms with Crippen LogP contribution in [0.3, 0.4) is 0 Å². The summed E-state index contributed by atoms with van der Waals surface area (Å²) < 4.78 is 5.11. The van der Waals surface area contributed by atoms with Crippen molar-refractivity contribution in [2.75, 3.05) is 33.3 Å². The summed E-state index contributed by atoms with van der Waals surface area (Å²) in [5.74, 6) is 1.55. The van der Waals surface area contributed by atoms with E-state index in [2.05, 4.69) is 55.1 Å². The second-order valence-electron chi connectivity index (χ2n) is 7.75. The number of guanidine groups is 1. The lowest BCUT2D eigenvalue weighted by atomic mass is 9.65. The predicted octanol–water partition coefficient (Wildman–Crippen LogP) is 2.51. The number of benzene rings is 1. The highest BCUT2D eigenvalue weighted by Gasteiger charge is 2.53. The van der Waals surface area contributed by atoms with Gasteiger partial charge in [-0.05, 0) is 45.0 Å². The highest BCUT2D eigenvalue weighted by atomic mass is 16.5. The molecule has 0 aliphatic carbocycles. The fourth-order valence-electron chi connectivity index (χ4n) is 2.97. The minimum atomic E-state index is -0.0988. The van der Waals surface area contributed by atoms with E-state index in [1.807, 2.05) is 0 Å². The lowest BCUT2D eigenvalue weighted by molar-refractivity contribution is -0.0667. The number of hydrogen-bond donors (Lipinski definition) is 2. The lowest BCUT2D eigenvalue weighted by Crippen LogP contribution is -2.72. The van der Waals surface area contributed by atoms with Crippen LogP contribution in [0.25, 0.3) is 0 Å². The Morgan fingerprint density at radius 3 is 2.35 bits per heavy atom. The summed E-state index contributed by atoms with van der Waals surface area (Å²) in [6.07, 6.45) is 0. The molecule has 1 aromatic rings. The van der Waals surface area contributed by atoms with Crippen LogP contribution in [0.4, 0.5) is 0 Å². The third-order valence-corrected chi connectivity index (χ3v) is 5.49. The van der Waals surface area contributed by atoms with E-state index in [0.717, 1.165) is 24.8 Å². The smallest absolute Gasteiger partial charge is 0.251 e. The zero-order valence-corrected chi connectivity index (χ0v) is 16.8. The molecule has 1 fully saturated rings. The average molecular weight is 361 g/mol. The Kier molecular flexibility index (Phi) is 6.16. The Labute approximate surface area is 157 Å². The van der Waals surface area contributed by atoms with Crippen molar-refractivity contribution in [3.63, 3.8) is 0 Å². The van der Waals surface area contributed by atoms with Gasteiger partial charge in [0.1, 0.15) is 5.75 Å². The molecular formula is C20H32N4O2. The van der Waals surface area contributed by atoms with Crippen LogP contribution >= 0.6 is 0 Å². The number of likely N-dealkylation sites (tertiary alicyclic amines) is 1. The van der Waals surface area contributed by atoms with E-state index in [1.165, 1.54) is 0 Å². The Morgan fingerprint density at radius 2 is 1.85 bits per heavy atom. The first-order valence-electron chi connectivity index (χ1n) is 9.21. The van der Waals surface area contributed by atoms with E-state index >= 15 is 0 Å². The van der Waals surface area contributed by atoms with E-state index in [4.69, 9.17) is 4.74 Å². The van der Waals surface area contributed by atoms with Gasteiger partial charge in [0, 0.05) is 36.2 Å². The van der Waals surface area contributed by atoms with Crippen molar-refractivity contribution >= 4 is 11.9 Å². The Bertz CT molecular complexity index is 650. The van der Waals surface area contributed by atoms with E-state index in [9.17, 15) is 4.79 Å². The molecule has 6 nitrogen and oxygen atoms in total. The molecule has 0 radical (unpaired) electrons. The van der Waals surface area contributed by atoms with Crippen molar-refractivity contribution in [3.8, 4) is 5.75 Å². The fraction of sp³-hybridized carbons (Fsp3) is 0.600. The molecule has 0 saturated carbocycles. The highest BCUT2D eigenvalue weighted by Crippen LogP contribution is 2.46.